The molecule has 1 amide bonds. The van der Waals surface area contributed by atoms with Gasteiger partial charge in [0.1, 0.15) is 18.6 Å². The zero-order valence-electron chi connectivity index (χ0n) is 17.5. The molecule has 0 fully saturated rings. The van der Waals surface area contributed by atoms with Crippen molar-refractivity contribution in [2.24, 2.45) is 0 Å². The summed E-state index contributed by atoms with van der Waals surface area (Å²) in [6, 6.07) is 12.9. The molecule has 0 bridgehead atoms. The lowest BCUT2D eigenvalue weighted by Gasteiger charge is -2.11. The van der Waals surface area contributed by atoms with E-state index in [0.29, 0.717) is 23.6 Å². The molecule has 0 unspecified atom stereocenters. The third kappa shape index (κ3) is 4.02. The standard InChI is InChI=1S/C22H22N6O3/c1-4-31-17-10-8-16(9-11-17)28-21-20(25-26-28)22(30)27(13-23-21)12-19(29)24-18-7-5-6-14(2)15(18)3/h5-11,13H,4,12H2,1-3H3,(H,24,29). The van der Waals surface area contributed by atoms with Crippen molar-refractivity contribution in [1.29, 1.82) is 0 Å². The van der Waals surface area contributed by atoms with E-state index >= 15 is 0 Å². The molecule has 0 aliphatic heterocycles. The first-order valence-electron chi connectivity index (χ1n) is 9.88. The fraction of sp³-hybridized carbons (Fsp3) is 0.227. The Kier molecular flexibility index (Phi) is 5.48. The predicted molar refractivity (Wildman–Crippen MR) is 117 cm³/mol. The Labute approximate surface area is 178 Å². The van der Waals surface area contributed by atoms with Gasteiger partial charge in [0.15, 0.2) is 11.2 Å². The van der Waals surface area contributed by atoms with E-state index in [9.17, 15) is 9.59 Å². The Balaban J connectivity index is 1.58. The Morgan fingerprint density at radius 2 is 1.90 bits per heavy atom. The van der Waals surface area contributed by atoms with Gasteiger partial charge in [-0.25, -0.2) is 4.98 Å². The minimum Gasteiger partial charge on any atom is -0.494 e. The molecular formula is C22H22N6O3. The van der Waals surface area contributed by atoms with E-state index in [1.807, 2.05) is 63.2 Å². The summed E-state index contributed by atoms with van der Waals surface area (Å²) >= 11 is 0. The molecule has 4 aromatic rings. The summed E-state index contributed by atoms with van der Waals surface area (Å²) in [5.74, 6) is 0.414. The number of ether oxygens (including phenoxy) is 1. The van der Waals surface area contributed by atoms with Gasteiger partial charge in [-0.3, -0.25) is 14.2 Å². The Morgan fingerprint density at radius 3 is 2.65 bits per heavy atom. The van der Waals surface area contributed by atoms with E-state index < -0.39 is 5.56 Å². The van der Waals surface area contributed by atoms with Crippen LogP contribution in [-0.2, 0) is 11.3 Å². The van der Waals surface area contributed by atoms with Crippen molar-refractivity contribution in [2.45, 2.75) is 27.3 Å². The lowest BCUT2D eigenvalue weighted by atomic mass is 10.1. The van der Waals surface area contributed by atoms with Crippen LogP contribution in [0.4, 0.5) is 5.69 Å². The monoisotopic (exact) mass is 418 g/mol. The second kappa shape index (κ2) is 8.39. The molecule has 0 radical (unpaired) electrons. The normalized spacial score (nSPS) is 10.9. The van der Waals surface area contributed by atoms with E-state index in [2.05, 4.69) is 20.6 Å². The number of benzene rings is 2. The number of nitrogens with zero attached hydrogens (tertiary/aromatic N) is 5. The topological polar surface area (TPSA) is 104 Å². The molecule has 0 spiro atoms. The van der Waals surface area contributed by atoms with Gasteiger partial charge in [-0.2, -0.15) is 4.68 Å². The van der Waals surface area contributed by atoms with Crippen LogP contribution in [0.25, 0.3) is 16.9 Å². The minimum atomic E-state index is -0.432. The first kappa shape index (κ1) is 20.3. The molecule has 0 atom stereocenters. The van der Waals surface area contributed by atoms with E-state index in [-0.39, 0.29) is 18.0 Å². The fourth-order valence-electron chi connectivity index (χ4n) is 3.21. The second-order valence-electron chi connectivity index (χ2n) is 7.07. The van der Waals surface area contributed by atoms with Gasteiger partial charge in [0, 0.05) is 5.69 Å². The third-order valence-electron chi connectivity index (χ3n) is 5.01. The third-order valence-corrected chi connectivity index (χ3v) is 5.01. The molecule has 2 heterocycles. The molecule has 9 nitrogen and oxygen atoms in total. The average molecular weight is 418 g/mol. The quantitative estimate of drug-likeness (QED) is 0.516. The lowest BCUT2D eigenvalue weighted by molar-refractivity contribution is -0.116. The SMILES string of the molecule is CCOc1ccc(-n2nnc3c(=O)n(CC(=O)Nc4cccc(C)c4C)cnc32)cc1. The second-order valence-corrected chi connectivity index (χ2v) is 7.07. The first-order chi connectivity index (χ1) is 15.0. The first-order valence-corrected chi connectivity index (χ1v) is 9.88. The van der Waals surface area contributed by atoms with Crippen LogP contribution in [0, 0.1) is 13.8 Å². The number of carbonyl (C=O) groups excluding carboxylic acids is 1. The van der Waals surface area contributed by atoms with E-state index in [0.717, 1.165) is 16.9 Å². The summed E-state index contributed by atoms with van der Waals surface area (Å²) in [6.45, 7) is 6.22. The van der Waals surface area contributed by atoms with Crippen molar-refractivity contribution in [1.82, 2.24) is 24.5 Å². The van der Waals surface area contributed by atoms with Gasteiger partial charge in [-0.1, -0.05) is 17.3 Å². The van der Waals surface area contributed by atoms with Crippen molar-refractivity contribution < 1.29 is 9.53 Å². The molecule has 0 saturated heterocycles. The fourth-order valence-corrected chi connectivity index (χ4v) is 3.21. The number of hydrogen-bond acceptors (Lipinski definition) is 6. The molecule has 0 aliphatic rings. The highest BCUT2D eigenvalue weighted by Gasteiger charge is 2.15. The van der Waals surface area contributed by atoms with Crippen LogP contribution < -0.4 is 15.6 Å². The summed E-state index contributed by atoms with van der Waals surface area (Å²) < 4.78 is 8.14. The number of amides is 1. The largest absolute Gasteiger partial charge is 0.494 e. The molecule has 2 aromatic carbocycles. The smallest absolute Gasteiger partial charge is 0.284 e. The average Bonchev–Trinajstić information content (AvgIpc) is 3.19. The highest BCUT2D eigenvalue weighted by atomic mass is 16.5. The number of hydrogen-bond donors (Lipinski definition) is 1. The molecule has 1 N–H and O–H groups in total. The van der Waals surface area contributed by atoms with Crippen molar-refractivity contribution in [2.75, 3.05) is 11.9 Å². The summed E-state index contributed by atoms with van der Waals surface area (Å²) in [5.41, 5.74) is 3.45. The maximum absolute atomic E-state index is 12.8. The van der Waals surface area contributed by atoms with Crippen LogP contribution in [0.1, 0.15) is 18.1 Å². The summed E-state index contributed by atoms with van der Waals surface area (Å²) in [7, 11) is 0. The van der Waals surface area contributed by atoms with Crippen molar-refractivity contribution in [3.8, 4) is 11.4 Å². The number of aromatic nitrogens is 5. The lowest BCUT2D eigenvalue weighted by Crippen LogP contribution is -2.28. The summed E-state index contributed by atoms with van der Waals surface area (Å²) in [6.07, 6.45) is 1.34. The van der Waals surface area contributed by atoms with Gasteiger partial charge >= 0.3 is 0 Å². The van der Waals surface area contributed by atoms with Crippen LogP contribution in [0.2, 0.25) is 0 Å². The number of nitrogens with one attached hydrogen (secondary N) is 1. The van der Waals surface area contributed by atoms with Gasteiger partial charge in [0.05, 0.1) is 12.3 Å². The predicted octanol–water partition coefficient (Wildman–Crippen LogP) is 2.63. The molecule has 158 valence electrons. The molecule has 0 saturated carbocycles. The Hall–Kier alpha value is -4.01. The highest BCUT2D eigenvalue weighted by Crippen LogP contribution is 2.18. The van der Waals surface area contributed by atoms with Gasteiger partial charge in [-0.15, -0.1) is 5.10 Å². The highest BCUT2D eigenvalue weighted by molar-refractivity contribution is 5.91. The Morgan fingerprint density at radius 1 is 1.13 bits per heavy atom. The number of anilines is 1. The zero-order chi connectivity index (χ0) is 22.0. The van der Waals surface area contributed by atoms with Crippen molar-refractivity contribution in [3.05, 3.63) is 70.3 Å². The van der Waals surface area contributed by atoms with Gasteiger partial charge in [0.25, 0.3) is 5.56 Å². The van der Waals surface area contributed by atoms with Crippen molar-refractivity contribution in [3.63, 3.8) is 0 Å². The summed E-state index contributed by atoms with van der Waals surface area (Å²) in [5, 5.41) is 10.9. The number of aryl methyl sites for hydroxylation is 1. The van der Waals surface area contributed by atoms with Gasteiger partial charge in [0.2, 0.25) is 5.91 Å². The van der Waals surface area contributed by atoms with E-state index in [1.54, 1.807) is 0 Å². The maximum Gasteiger partial charge on any atom is 0.284 e. The molecule has 31 heavy (non-hydrogen) atoms. The zero-order valence-corrected chi connectivity index (χ0v) is 17.5. The van der Waals surface area contributed by atoms with Gasteiger partial charge < -0.3 is 10.1 Å². The number of fused-ring (bicyclic) bond motifs is 1. The minimum absolute atomic E-state index is 0.0934. The van der Waals surface area contributed by atoms with Crippen LogP contribution in [-0.4, -0.2) is 37.1 Å². The van der Waals surface area contributed by atoms with E-state index in [4.69, 9.17) is 4.74 Å². The van der Waals surface area contributed by atoms with Crippen LogP contribution in [0.15, 0.2) is 53.6 Å². The molecule has 4 rings (SSSR count). The van der Waals surface area contributed by atoms with Crippen LogP contribution in [0.3, 0.4) is 0 Å². The summed E-state index contributed by atoms with van der Waals surface area (Å²) in [4.78, 5) is 29.6. The number of carbonyl (C=O) groups is 1. The van der Waals surface area contributed by atoms with Crippen LogP contribution >= 0.6 is 0 Å². The number of rotatable bonds is 6. The van der Waals surface area contributed by atoms with Gasteiger partial charge in [-0.05, 0) is 62.2 Å². The van der Waals surface area contributed by atoms with E-state index in [1.165, 1.54) is 15.6 Å². The Bertz CT molecular complexity index is 1310. The van der Waals surface area contributed by atoms with Crippen LogP contribution in [0.5, 0.6) is 5.75 Å². The maximum atomic E-state index is 12.8. The van der Waals surface area contributed by atoms with Crippen molar-refractivity contribution >= 4 is 22.8 Å². The molecular weight excluding hydrogens is 396 g/mol. The molecule has 9 heteroatoms. The molecule has 0 aliphatic carbocycles. The molecule has 2 aromatic heterocycles.